The summed E-state index contributed by atoms with van der Waals surface area (Å²) >= 11 is 0. The second-order valence-electron chi connectivity index (χ2n) is 5.56. The van der Waals surface area contributed by atoms with Gasteiger partial charge in [0.25, 0.3) is 0 Å². The molecule has 20 heavy (non-hydrogen) atoms. The number of nitrogens with one attached hydrogen (secondary N) is 1. The Bertz CT molecular complexity index is 556. The molecule has 1 aromatic carbocycles. The van der Waals surface area contributed by atoms with Crippen molar-refractivity contribution in [2.24, 2.45) is 0 Å². The van der Waals surface area contributed by atoms with E-state index in [1.54, 1.807) is 6.26 Å². The molecule has 0 bridgehead atoms. The van der Waals surface area contributed by atoms with E-state index < -0.39 is 0 Å². The highest BCUT2D eigenvalue weighted by atomic mass is 16.3. The summed E-state index contributed by atoms with van der Waals surface area (Å²) in [4.78, 5) is 2.51. The van der Waals surface area contributed by atoms with Gasteiger partial charge in [-0.25, -0.2) is 0 Å². The standard InChI is InChI=1S/C17H22N2O/c1-13-5-6-14(2)15(12-13)17(16-4-3-11-20-16)19-9-7-18-8-10-19/h3-6,11-12,17-18H,7-10H2,1-2H3. The van der Waals surface area contributed by atoms with Gasteiger partial charge in [-0.1, -0.05) is 23.8 Å². The minimum atomic E-state index is 0.229. The van der Waals surface area contributed by atoms with Crippen LogP contribution in [0.1, 0.15) is 28.5 Å². The molecule has 1 aliphatic heterocycles. The van der Waals surface area contributed by atoms with E-state index in [2.05, 4.69) is 48.3 Å². The van der Waals surface area contributed by atoms with Crippen molar-refractivity contribution in [2.75, 3.05) is 26.2 Å². The Hall–Kier alpha value is -1.58. The molecule has 1 atom stereocenters. The lowest BCUT2D eigenvalue weighted by atomic mass is 9.95. The van der Waals surface area contributed by atoms with Crippen LogP contribution in [0.2, 0.25) is 0 Å². The Kier molecular flexibility index (Phi) is 3.90. The van der Waals surface area contributed by atoms with Gasteiger partial charge < -0.3 is 9.73 Å². The quantitative estimate of drug-likeness (QED) is 0.929. The smallest absolute Gasteiger partial charge is 0.125 e. The van der Waals surface area contributed by atoms with Crippen LogP contribution in [0.4, 0.5) is 0 Å². The summed E-state index contributed by atoms with van der Waals surface area (Å²) in [5, 5.41) is 3.42. The number of rotatable bonds is 3. The second-order valence-corrected chi connectivity index (χ2v) is 5.56. The van der Waals surface area contributed by atoms with Gasteiger partial charge in [-0.3, -0.25) is 4.90 Å². The normalized spacial score (nSPS) is 18.1. The third kappa shape index (κ3) is 2.65. The zero-order valence-corrected chi connectivity index (χ0v) is 12.2. The van der Waals surface area contributed by atoms with E-state index in [1.165, 1.54) is 16.7 Å². The van der Waals surface area contributed by atoms with Gasteiger partial charge in [0, 0.05) is 26.2 Å². The lowest BCUT2D eigenvalue weighted by molar-refractivity contribution is 0.179. The highest BCUT2D eigenvalue weighted by Gasteiger charge is 2.27. The summed E-state index contributed by atoms with van der Waals surface area (Å²) in [6, 6.07) is 11.0. The molecule has 1 saturated heterocycles. The van der Waals surface area contributed by atoms with E-state index >= 15 is 0 Å². The summed E-state index contributed by atoms with van der Waals surface area (Å²) < 4.78 is 5.74. The van der Waals surface area contributed by atoms with Crippen LogP contribution >= 0.6 is 0 Å². The summed E-state index contributed by atoms with van der Waals surface area (Å²) in [7, 11) is 0. The van der Waals surface area contributed by atoms with Gasteiger partial charge >= 0.3 is 0 Å². The van der Waals surface area contributed by atoms with Crippen LogP contribution in [0.5, 0.6) is 0 Å². The minimum Gasteiger partial charge on any atom is -0.467 e. The minimum absolute atomic E-state index is 0.229. The molecule has 2 aromatic rings. The summed E-state index contributed by atoms with van der Waals surface area (Å²) in [6.07, 6.45) is 1.77. The highest BCUT2D eigenvalue weighted by molar-refractivity contribution is 5.37. The van der Waals surface area contributed by atoms with Crippen LogP contribution in [-0.4, -0.2) is 31.1 Å². The molecule has 1 fully saturated rings. The average molecular weight is 270 g/mol. The van der Waals surface area contributed by atoms with E-state index in [9.17, 15) is 0 Å². The monoisotopic (exact) mass is 270 g/mol. The molecular weight excluding hydrogens is 248 g/mol. The average Bonchev–Trinajstić information content (AvgIpc) is 2.98. The largest absolute Gasteiger partial charge is 0.467 e. The highest BCUT2D eigenvalue weighted by Crippen LogP contribution is 2.31. The molecule has 0 amide bonds. The number of hydrogen-bond donors (Lipinski definition) is 1. The third-order valence-corrected chi connectivity index (χ3v) is 4.06. The van der Waals surface area contributed by atoms with E-state index in [1.807, 2.05) is 6.07 Å². The van der Waals surface area contributed by atoms with Gasteiger partial charge in [-0.2, -0.15) is 0 Å². The molecule has 3 rings (SSSR count). The molecule has 106 valence electrons. The maximum atomic E-state index is 5.74. The van der Waals surface area contributed by atoms with Crippen LogP contribution in [0.25, 0.3) is 0 Å². The first kappa shape index (κ1) is 13.4. The number of benzene rings is 1. The van der Waals surface area contributed by atoms with Crippen molar-refractivity contribution in [2.45, 2.75) is 19.9 Å². The van der Waals surface area contributed by atoms with Crippen LogP contribution < -0.4 is 5.32 Å². The first-order valence-electron chi connectivity index (χ1n) is 7.31. The van der Waals surface area contributed by atoms with E-state index in [0.29, 0.717) is 0 Å². The van der Waals surface area contributed by atoms with Crippen LogP contribution in [0, 0.1) is 13.8 Å². The van der Waals surface area contributed by atoms with Crippen molar-refractivity contribution < 1.29 is 4.42 Å². The number of furan rings is 1. The molecule has 3 nitrogen and oxygen atoms in total. The number of nitrogens with zero attached hydrogens (tertiary/aromatic N) is 1. The van der Waals surface area contributed by atoms with Crippen molar-refractivity contribution in [3.8, 4) is 0 Å². The van der Waals surface area contributed by atoms with Gasteiger partial charge in [-0.05, 0) is 37.1 Å². The Morgan fingerprint density at radius 1 is 1.15 bits per heavy atom. The third-order valence-electron chi connectivity index (χ3n) is 4.06. The Labute approximate surface area is 120 Å². The first-order valence-corrected chi connectivity index (χ1v) is 7.31. The SMILES string of the molecule is Cc1ccc(C)c(C(c2ccco2)N2CCNCC2)c1. The summed E-state index contributed by atoms with van der Waals surface area (Å²) in [6.45, 7) is 8.54. The molecule has 1 aromatic heterocycles. The molecule has 2 heterocycles. The van der Waals surface area contributed by atoms with Crippen molar-refractivity contribution in [3.05, 3.63) is 59.0 Å². The van der Waals surface area contributed by atoms with Crippen molar-refractivity contribution in [1.29, 1.82) is 0 Å². The topological polar surface area (TPSA) is 28.4 Å². The van der Waals surface area contributed by atoms with E-state index in [-0.39, 0.29) is 6.04 Å². The fourth-order valence-corrected chi connectivity index (χ4v) is 2.97. The van der Waals surface area contributed by atoms with Crippen LogP contribution in [-0.2, 0) is 0 Å². The molecule has 0 saturated carbocycles. The fourth-order valence-electron chi connectivity index (χ4n) is 2.97. The van der Waals surface area contributed by atoms with Gasteiger partial charge in [0.2, 0.25) is 0 Å². The van der Waals surface area contributed by atoms with E-state index in [4.69, 9.17) is 4.42 Å². The predicted molar refractivity (Wildman–Crippen MR) is 80.9 cm³/mol. The number of hydrogen-bond acceptors (Lipinski definition) is 3. The van der Waals surface area contributed by atoms with E-state index in [0.717, 1.165) is 31.9 Å². The first-order chi connectivity index (χ1) is 9.75. The van der Waals surface area contributed by atoms with Gasteiger partial charge in [0.05, 0.1) is 12.3 Å². The van der Waals surface area contributed by atoms with Crippen LogP contribution in [0.3, 0.4) is 0 Å². The second kappa shape index (κ2) is 5.81. The maximum Gasteiger partial charge on any atom is 0.125 e. The van der Waals surface area contributed by atoms with Gasteiger partial charge in [0.15, 0.2) is 0 Å². The zero-order chi connectivity index (χ0) is 13.9. The molecule has 1 aliphatic rings. The summed E-state index contributed by atoms with van der Waals surface area (Å²) in [5.74, 6) is 1.04. The molecule has 1 unspecified atom stereocenters. The molecule has 0 aliphatic carbocycles. The molecule has 3 heteroatoms. The summed E-state index contributed by atoms with van der Waals surface area (Å²) in [5.41, 5.74) is 4.00. The molecule has 0 spiro atoms. The fraction of sp³-hybridized carbons (Fsp3) is 0.412. The number of piperazine rings is 1. The van der Waals surface area contributed by atoms with Crippen molar-refractivity contribution >= 4 is 0 Å². The van der Waals surface area contributed by atoms with Crippen molar-refractivity contribution in [3.63, 3.8) is 0 Å². The van der Waals surface area contributed by atoms with Gasteiger partial charge in [0.1, 0.15) is 5.76 Å². The van der Waals surface area contributed by atoms with Crippen LogP contribution in [0.15, 0.2) is 41.0 Å². The lowest BCUT2D eigenvalue weighted by Gasteiger charge is -2.34. The Morgan fingerprint density at radius 3 is 2.65 bits per heavy atom. The Morgan fingerprint density at radius 2 is 1.95 bits per heavy atom. The Balaban J connectivity index is 2.02. The zero-order valence-electron chi connectivity index (χ0n) is 12.2. The number of aryl methyl sites for hydroxylation is 2. The molecular formula is C17H22N2O. The predicted octanol–water partition coefficient (Wildman–Crippen LogP) is 2.89. The van der Waals surface area contributed by atoms with Crippen molar-refractivity contribution in [1.82, 2.24) is 10.2 Å². The molecule has 1 N–H and O–H groups in total. The molecule has 0 radical (unpaired) electrons. The maximum absolute atomic E-state index is 5.74. The lowest BCUT2D eigenvalue weighted by Crippen LogP contribution is -2.45. The van der Waals surface area contributed by atoms with Gasteiger partial charge in [-0.15, -0.1) is 0 Å².